The molecule has 0 aliphatic heterocycles. The molecule has 0 aliphatic rings. The lowest BCUT2D eigenvalue weighted by Gasteiger charge is -2.28. The first-order valence-corrected chi connectivity index (χ1v) is 32.4. The van der Waals surface area contributed by atoms with Crippen molar-refractivity contribution >= 4 is 144 Å². The molecule has 0 radical (unpaired) electrons. The third-order valence-electron chi connectivity index (χ3n) is 13.3. The van der Waals surface area contributed by atoms with Crippen LogP contribution < -0.4 is 86.3 Å². The van der Waals surface area contributed by atoms with E-state index in [0.29, 0.717) is 6.42 Å². The van der Waals surface area contributed by atoms with Crippen molar-refractivity contribution in [2.45, 2.75) is 171 Å². The van der Waals surface area contributed by atoms with Crippen molar-refractivity contribution in [2.75, 3.05) is 49.8 Å². The van der Waals surface area contributed by atoms with Crippen molar-refractivity contribution in [2.24, 2.45) is 23.1 Å². The van der Waals surface area contributed by atoms with Gasteiger partial charge in [0, 0.05) is 31.3 Å². The molecule has 0 aromatic rings. The van der Waals surface area contributed by atoms with Gasteiger partial charge in [-0.25, -0.2) is 0 Å². The van der Waals surface area contributed by atoms with Gasteiger partial charge in [-0.1, -0.05) is 13.8 Å². The minimum atomic E-state index is -2.01. The number of carboxylic acid groups (broad SMARTS) is 3. The van der Waals surface area contributed by atoms with Gasteiger partial charge in [0.25, 0.3) is 0 Å². The lowest BCUT2D eigenvalue weighted by Crippen LogP contribution is -2.62. The molecular weight excluding hydrogens is 1340 g/mol. The van der Waals surface area contributed by atoms with Gasteiger partial charge in [-0.15, -0.1) is 0 Å². The van der Waals surface area contributed by atoms with E-state index in [0.717, 1.165) is 13.8 Å². The van der Waals surface area contributed by atoms with E-state index in [1.165, 1.54) is 11.8 Å². The lowest BCUT2D eigenvalue weighted by atomic mass is 10.0. The normalized spacial score (nSPS) is 14.7. The summed E-state index contributed by atoms with van der Waals surface area (Å²) in [6.07, 6.45) is -4.45. The van der Waals surface area contributed by atoms with Crippen molar-refractivity contribution in [3.8, 4) is 0 Å². The van der Waals surface area contributed by atoms with Gasteiger partial charge in [0.1, 0.15) is 66.5 Å². The molecule has 542 valence electrons. The second-order valence-corrected chi connectivity index (χ2v) is 23.6. The number of amides is 15. The zero-order valence-corrected chi connectivity index (χ0v) is 56.0. The van der Waals surface area contributed by atoms with Crippen LogP contribution in [0.1, 0.15) is 98.3 Å². The number of nitrogens with one attached hydrogen (secondary N) is 13. The number of primary amides is 2. The van der Waals surface area contributed by atoms with Crippen LogP contribution in [0.3, 0.4) is 0 Å². The predicted octanol–water partition coefficient (Wildman–Crippen LogP) is -9.70. The Morgan fingerprint density at radius 2 is 0.833 bits per heavy atom. The van der Waals surface area contributed by atoms with Crippen molar-refractivity contribution in [3.63, 3.8) is 0 Å². The number of aliphatic carboxylic acids is 3. The number of hydrogen-bond acceptors (Lipinski definition) is 24. The van der Waals surface area contributed by atoms with Gasteiger partial charge in [-0.3, -0.25) is 86.3 Å². The van der Waals surface area contributed by atoms with Crippen LogP contribution >= 0.6 is 37.0 Å². The summed E-state index contributed by atoms with van der Waals surface area (Å²) in [4.78, 5) is 231. The van der Waals surface area contributed by atoms with Crippen LogP contribution in [0, 0.1) is 5.92 Å². The van der Waals surface area contributed by atoms with Crippen LogP contribution in [-0.4, -0.2) is 254 Å². The summed E-state index contributed by atoms with van der Waals surface area (Å²) in [5, 5.41) is 78.1. The third kappa shape index (κ3) is 35.8. The topological polar surface area (TPSA) is 643 Å². The highest BCUT2D eigenvalue weighted by atomic mass is 32.2. The maximum Gasteiger partial charge on any atom is 0.305 e. The number of carbonyl (C=O) groups excluding carboxylic acids is 15. The van der Waals surface area contributed by atoms with Gasteiger partial charge in [0.2, 0.25) is 88.6 Å². The van der Waals surface area contributed by atoms with Gasteiger partial charge in [0.15, 0.2) is 0 Å². The lowest BCUT2D eigenvalue weighted by molar-refractivity contribution is -0.141. The van der Waals surface area contributed by atoms with Gasteiger partial charge < -0.3 is 112 Å². The summed E-state index contributed by atoms with van der Waals surface area (Å²) in [6, 6.07) is -18.2. The van der Waals surface area contributed by atoms with Crippen LogP contribution in [0.25, 0.3) is 0 Å². The van der Waals surface area contributed by atoms with Crippen LogP contribution in [0.5, 0.6) is 0 Å². The first-order valence-electron chi connectivity index (χ1n) is 29.7. The number of thiol groups is 2. The molecule has 0 rings (SSSR count). The van der Waals surface area contributed by atoms with E-state index in [1.807, 2.05) is 0 Å². The molecule has 42 heteroatoms. The second kappa shape index (κ2) is 46.5. The molecular formula is C54H90N16O23S3. The zero-order valence-electron chi connectivity index (χ0n) is 53.4. The highest BCUT2D eigenvalue weighted by Crippen LogP contribution is 2.10. The molecule has 39 nitrogen and oxygen atoms in total. The maximum absolute atomic E-state index is 13.8. The van der Waals surface area contributed by atoms with E-state index in [-0.39, 0.29) is 49.7 Å². The van der Waals surface area contributed by atoms with E-state index in [1.54, 1.807) is 20.1 Å². The summed E-state index contributed by atoms with van der Waals surface area (Å²) < 4.78 is 0. The van der Waals surface area contributed by atoms with Crippen LogP contribution in [-0.2, 0) is 86.3 Å². The molecule has 0 saturated carbocycles. The molecule has 0 spiro atoms. The quantitative estimate of drug-likeness (QED) is 0.0199. The Kier molecular flexibility index (Phi) is 42.3. The molecule has 96 heavy (non-hydrogen) atoms. The molecule has 0 aromatic carbocycles. The first kappa shape index (κ1) is 87.4. The maximum atomic E-state index is 13.8. The Labute approximate surface area is 566 Å². The first-order chi connectivity index (χ1) is 44.9. The Morgan fingerprint density at radius 3 is 1.25 bits per heavy atom. The van der Waals surface area contributed by atoms with Crippen LogP contribution in [0.15, 0.2) is 0 Å². The monoisotopic (exact) mass is 1430 g/mol. The number of unbranched alkanes of at least 4 members (excludes halogenated alkanes) is 1. The summed E-state index contributed by atoms with van der Waals surface area (Å²) >= 11 is 9.23. The smallest absolute Gasteiger partial charge is 0.305 e. The second-order valence-electron chi connectivity index (χ2n) is 21.9. The van der Waals surface area contributed by atoms with Gasteiger partial charge >= 0.3 is 17.9 Å². The Morgan fingerprint density at radius 1 is 0.448 bits per heavy atom. The minimum absolute atomic E-state index is 0.104. The fourth-order valence-corrected chi connectivity index (χ4v) is 9.29. The molecule has 15 amide bonds. The van der Waals surface area contributed by atoms with Gasteiger partial charge in [-0.2, -0.15) is 37.0 Å². The van der Waals surface area contributed by atoms with Crippen molar-refractivity contribution < 1.29 is 112 Å². The van der Waals surface area contributed by atoms with Gasteiger partial charge in [0.05, 0.1) is 38.6 Å². The number of thioether (sulfide) groups is 1. The Hall–Kier alpha value is -8.61. The van der Waals surface area contributed by atoms with Crippen LogP contribution in [0.2, 0.25) is 0 Å². The summed E-state index contributed by atoms with van der Waals surface area (Å²) in [5.41, 5.74) is 16.3. The van der Waals surface area contributed by atoms with E-state index in [4.69, 9.17) is 17.2 Å². The highest BCUT2D eigenvalue weighted by Gasteiger charge is 2.37. The van der Waals surface area contributed by atoms with Crippen molar-refractivity contribution in [1.82, 2.24) is 69.1 Å². The molecule has 24 N–H and O–H groups in total. The van der Waals surface area contributed by atoms with Gasteiger partial charge in [-0.05, 0) is 76.3 Å². The number of aliphatic hydroxyl groups excluding tert-OH is 2. The third-order valence-corrected chi connectivity index (χ3v) is 14.6. The average Bonchev–Trinajstić information content (AvgIpc) is 0.973. The number of aliphatic hydroxyl groups is 2. The van der Waals surface area contributed by atoms with E-state index in [9.17, 15) is 112 Å². The highest BCUT2D eigenvalue weighted by molar-refractivity contribution is 7.98. The van der Waals surface area contributed by atoms with E-state index < -0.39 is 243 Å². The number of rotatable bonds is 49. The van der Waals surface area contributed by atoms with Crippen molar-refractivity contribution in [1.29, 1.82) is 0 Å². The SMILES string of the molecule is CSCC[C@H](NC(=O)CNC(=O)[C@H](CCC(=O)O)NC(=O)[C@H](CO)NC(=O)[C@@H](NC(=O)[C@H](CCCCN)NC(=O)[C@H](CC(N)=O)NC(=O)[C@H](CS)NC(C)=O)[C@@H](C)O)C(=O)N[C@@H](CC(=O)O)C(=O)NCC(=O)N[C@@H](CS)C(=O)N[C@@H](CCC(=O)O)C(=O)N[C@@H](CC(C)C)C(N)=O. The largest absolute Gasteiger partial charge is 0.481 e. The summed E-state index contributed by atoms with van der Waals surface area (Å²) in [5.74, 6) is -21.5. The number of carboxylic acids is 3. The molecule has 0 aliphatic carbocycles. The molecule has 0 fully saturated rings. The Balaban J connectivity index is 6.30. The Bertz CT molecular complexity index is 2750. The number of hydrogen-bond donors (Lipinski definition) is 23. The molecule has 0 heterocycles. The fraction of sp³-hybridized carbons (Fsp3) is 0.667. The average molecular weight is 1430 g/mol. The zero-order chi connectivity index (χ0) is 73.5. The minimum Gasteiger partial charge on any atom is -0.481 e. The molecule has 12 atom stereocenters. The summed E-state index contributed by atoms with van der Waals surface area (Å²) in [7, 11) is 0. The number of carbonyl (C=O) groups is 18. The number of nitrogens with two attached hydrogens (primary N) is 3. The predicted molar refractivity (Wildman–Crippen MR) is 344 cm³/mol. The molecule has 0 aromatic heterocycles. The van der Waals surface area contributed by atoms with Crippen molar-refractivity contribution in [3.05, 3.63) is 0 Å². The summed E-state index contributed by atoms with van der Waals surface area (Å²) in [6.45, 7) is 2.54. The van der Waals surface area contributed by atoms with Crippen LogP contribution in [0.4, 0.5) is 0 Å². The fourth-order valence-electron chi connectivity index (χ4n) is 8.31. The standard InChI is InChI=1S/C54H90N16O23S3/c1-24(2)16-31(44(57)83)66-47(86)29(10-12-41(79)80)65-53(92)36(23-95)62-39(76)20-59-46(85)33(18-42(81)82)68-48(87)30(13-15-96-5)61-38(75)19-58-45(84)28(9-11-40(77)78)64-51(90)34(21-71)69-54(93)43(25(3)72)70-49(88)27(8-6-7-14-55)63-50(89)32(17-37(56)74)67-52(91)35(22-94)60-26(4)73/h24-25,27-36,43,71-72,94-95H,6-23,55H2,1-5H3,(H2,56,74)(H2,57,83)(H,58,84)(H,59,85)(H,60,73)(H,61,75)(H,62,76)(H,63,89)(H,64,90)(H,65,92)(H,66,86)(H,67,91)(H,68,87)(H,69,93)(H,70,88)(H,77,78)(H,79,80)(H,81,82)/t25-,27+,28+,29+,30+,31+,32+,33+,34+,35+,36+,43+/m1/s1. The molecule has 0 saturated heterocycles. The molecule has 0 bridgehead atoms. The van der Waals surface area contributed by atoms with E-state index in [2.05, 4.69) is 94.4 Å². The van der Waals surface area contributed by atoms with E-state index >= 15 is 0 Å². The molecule has 0 unspecified atom stereocenters.